The van der Waals surface area contributed by atoms with Gasteiger partial charge in [-0.3, -0.25) is 4.79 Å². The van der Waals surface area contributed by atoms with Crippen LogP contribution in [0.3, 0.4) is 0 Å². The van der Waals surface area contributed by atoms with Crippen LogP contribution in [0.15, 0.2) is 45.8 Å². The van der Waals surface area contributed by atoms with Crippen molar-refractivity contribution in [1.29, 1.82) is 0 Å². The second-order valence-electron chi connectivity index (χ2n) is 6.30. The number of halogens is 1. The molecular weight excluding hydrogens is 448 g/mol. The Hall–Kier alpha value is -1.94. The molecule has 1 N–H and O–H groups in total. The molecule has 1 amide bonds. The average molecular weight is 469 g/mol. The number of hydrogen-bond donors (Lipinski definition) is 1. The van der Waals surface area contributed by atoms with Crippen LogP contribution in [0.25, 0.3) is 0 Å². The second-order valence-corrected chi connectivity index (χ2v) is 9.09. The van der Waals surface area contributed by atoms with Crippen LogP contribution < -0.4 is 10.1 Å². The van der Waals surface area contributed by atoms with Crippen molar-refractivity contribution in [2.24, 2.45) is 0 Å². The van der Waals surface area contributed by atoms with Gasteiger partial charge >= 0.3 is 0 Å². The third kappa shape index (κ3) is 4.38. The molecule has 2 aromatic carbocycles. The average Bonchev–Trinajstić information content (AvgIpc) is 2.70. The minimum atomic E-state index is -3.72. The lowest BCUT2D eigenvalue weighted by Gasteiger charge is -2.26. The van der Waals surface area contributed by atoms with Gasteiger partial charge in [-0.2, -0.15) is 4.31 Å². The number of methoxy groups -OCH3 is 1. The van der Waals surface area contributed by atoms with E-state index in [9.17, 15) is 13.2 Å². The SMILES string of the molecule is COc1ccc(S(=O)(=O)N2CCOCC2)cc1C(=O)Nc1ccc(Br)c(C)c1. The lowest BCUT2D eigenvalue weighted by Crippen LogP contribution is -2.40. The van der Waals surface area contributed by atoms with Crippen molar-refractivity contribution in [2.45, 2.75) is 11.8 Å². The molecule has 0 aliphatic carbocycles. The molecule has 0 aromatic heterocycles. The number of rotatable bonds is 5. The molecule has 3 rings (SSSR count). The van der Waals surface area contributed by atoms with Crippen molar-refractivity contribution < 1.29 is 22.7 Å². The van der Waals surface area contributed by atoms with Crippen LogP contribution in [-0.4, -0.2) is 52.0 Å². The third-order valence-corrected chi connectivity index (χ3v) is 7.22. The lowest BCUT2D eigenvalue weighted by molar-refractivity contribution is 0.0730. The minimum absolute atomic E-state index is 0.0485. The van der Waals surface area contributed by atoms with E-state index in [-0.39, 0.29) is 23.5 Å². The van der Waals surface area contributed by atoms with Crippen LogP contribution in [0.5, 0.6) is 5.75 Å². The number of nitrogens with one attached hydrogen (secondary N) is 1. The molecule has 1 heterocycles. The van der Waals surface area contributed by atoms with E-state index in [1.165, 1.54) is 29.6 Å². The van der Waals surface area contributed by atoms with Crippen molar-refractivity contribution in [2.75, 3.05) is 38.7 Å². The number of benzene rings is 2. The third-order valence-electron chi connectivity index (χ3n) is 4.44. The van der Waals surface area contributed by atoms with Crippen molar-refractivity contribution in [3.05, 3.63) is 52.0 Å². The van der Waals surface area contributed by atoms with Gasteiger partial charge in [0.1, 0.15) is 5.75 Å². The molecule has 28 heavy (non-hydrogen) atoms. The topological polar surface area (TPSA) is 84.9 Å². The Morgan fingerprint density at radius 1 is 1.18 bits per heavy atom. The highest BCUT2D eigenvalue weighted by atomic mass is 79.9. The van der Waals surface area contributed by atoms with Crippen LogP contribution in [0, 0.1) is 6.92 Å². The van der Waals surface area contributed by atoms with Gasteiger partial charge in [-0.25, -0.2) is 8.42 Å². The van der Waals surface area contributed by atoms with E-state index in [2.05, 4.69) is 21.2 Å². The molecule has 0 radical (unpaired) electrons. The Balaban J connectivity index is 1.92. The fraction of sp³-hybridized carbons (Fsp3) is 0.316. The Morgan fingerprint density at radius 3 is 2.54 bits per heavy atom. The predicted molar refractivity (Wildman–Crippen MR) is 109 cm³/mol. The molecule has 1 aliphatic rings. The maximum absolute atomic E-state index is 12.9. The fourth-order valence-electron chi connectivity index (χ4n) is 2.88. The molecule has 1 aliphatic heterocycles. The number of aryl methyl sites for hydroxylation is 1. The molecule has 9 heteroatoms. The smallest absolute Gasteiger partial charge is 0.259 e. The molecule has 0 bridgehead atoms. The summed E-state index contributed by atoms with van der Waals surface area (Å²) in [6.45, 7) is 3.19. The van der Waals surface area contributed by atoms with Crippen LogP contribution in [0.1, 0.15) is 15.9 Å². The highest BCUT2D eigenvalue weighted by molar-refractivity contribution is 9.10. The number of carbonyl (C=O) groups excluding carboxylic acids is 1. The van der Waals surface area contributed by atoms with Crippen LogP contribution in [0.2, 0.25) is 0 Å². The largest absolute Gasteiger partial charge is 0.496 e. The maximum atomic E-state index is 12.9. The quantitative estimate of drug-likeness (QED) is 0.728. The number of hydrogen-bond acceptors (Lipinski definition) is 5. The Kier molecular flexibility index (Phi) is 6.39. The molecule has 150 valence electrons. The van der Waals surface area contributed by atoms with Crippen LogP contribution in [0.4, 0.5) is 5.69 Å². The van der Waals surface area contributed by atoms with Crippen molar-refractivity contribution in [3.63, 3.8) is 0 Å². The van der Waals surface area contributed by atoms with E-state index in [4.69, 9.17) is 9.47 Å². The van der Waals surface area contributed by atoms with Crippen LogP contribution >= 0.6 is 15.9 Å². The zero-order valence-electron chi connectivity index (χ0n) is 15.6. The molecule has 2 aromatic rings. The van der Waals surface area contributed by atoms with Gasteiger partial charge in [-0.1, -0.05) is 15.9 Å². The normalized spacial score (nSPS) is 15.2. The van der Waals surface area contributed by atoms with Gasteiger partial charge in [0, 0.05) is 23.2 Å². The van der Waals surface area contributed by atoms with Crippen molar-refractivity contribution in [3.8, 4) is 5.75 Å². The number of nitrogens with zero attached hydrogens (tertiary/aromatic N) is 1. The Bertz CT molecular complexity index is 988. The first-order valence-electron chi connectivity index (χ1n) is 8.66. The zero-order chi connectivity index (χ0) is 20.3. The summed E-state index contributed by atoms with van der Waals surface area (Å²) in [6, 6.07) is 9.71. The molecule has 0 atom stereocenters. The fourth-order valence-corrected chi connectivity index (χ4v) is 4.56. The van der Waals surface area contributed by atoms with E-state index in [1.807, 2.05) is 19.1 Å². The van der Waals surface area contributed by atoms with E-state index >= 15 is 0 Å². The van der Waals surface area contributed by atoms with E-state index in [0.717, 1.165) is 10.0 Å². The molecule has 0 spiro atoms. The lowest BCUT2D eigenvalue weighted by atomic mass is 10.1. The Morgan fingerprint density at radius 2 is 1.89 bits per heavy atom. The summed E-state index contributed by atoms with van der Waals surface area (Å²) in [4.78, 5) is 12.9. The van der Waals surface area contributed by atoms with E-state index in [0.29, 0.717) is 24.7 Å². The standard InChI is InChI=1S/C19H21BrN2O5S/c1-13-11-14(3-5-17(13)20)21-19(23)16-12-15(4-6-18(16)26-2)28(24,25)22-7-9-27-10-8-22/h3-6,11-12H,7-10H2,1-2H3,(H,21,23). The number of carbonyl (C=O) groups is 1. The molecule has 7 nitrogen and oxygen atoms in total. The van der Waals surface area contributed by atoms with Gasteiger partial charge in [-0.15, -0.1) is 0 Å². The first-order valence-corrected chi connectivity index (χ1v) is 10.9. The Labute approximate surface area is 172 Å². The molecule has 0 saturated carbocycles. The minimum Gasteiger partial charge on any atom is -0.496 e. The van der Waals surface area contributed by atoms with Gasteiger partial charge in [0.15, 0.2) is 0 Å². The summed E-state index contributed by atoms with van der Waals surface area (Å²) in [5, 5.41) is 2.79. The van der Waals surface area contributed by atoms with Crippen molar-refractivity contribution >= 4 is 37.5 Å². The number of morpholine rings is 1. The number of amides is 1. The van der Waals surface area contributed by atoms with Gasteiger partial charge in [0.2, 0.25) is 10.0 Å². The van der Waals surface area contributed by atoms with E-state index in [1.54, 1.807) is 6.07 Å². The molecular formula is C19H21BrN2O5S. The first kappa shape index (κ1) is 20.8. The van der Waals surface area contributed by atoms with E-state index < -0.39 is 15.9 Å². The maximum Gasteiger partial charge on any atom is 0.259 e. The first-order chi connectivity index (χ1) is 13.3. The second kappa shape index (κ2) is 8.60. The predicted octanol–water partition coefficient (Wildman–Crippen LogP) is 3.04. The summed E-state index contributed by atoms with van der Waals surface area (Å²) in [5.41, 5.74) is 1.72. The monoisotopic (exact) mass is 468 g/mol. The van der Waals surface area contributed by atoms with Crippen LogP contribution in [-0.2, 0) is 14.8 Å². The number of sulfonamides is 1. The van der Waals surface area contributed by atoms with Gasteiger partial charge < -0.3 is 14.8 Å². The molecule has 1 fully saturated rings. The van der Waals surface area contributed by atoms with Gasteiger partial charge in [0.25, 0.3) is 5.91 Å². The highest BCUT2D eigenvalue weighted by Crippen LogP contribution is 2.27. The molecule has 0 unspecified atom stereocenters. The summed E-state index contributed by atoms with van der Waals surface area (Å²) in [5.74, 6) is -0.148. The summed E-state index contributed by atoms with van der Waals surface area (Å²) in [6.07, 6.45) is 0. The summed E-state index contributed by atoms with van der Waals surface area (Å²) in [7, 11) is -2.28. The zero-order valence-corrected chi connectivity index (χ0v) is 18.0. The van der Waals surface area contributed by atoms with Crippen molar-refractivity contribution in [1.82, 2.24) is 4.31 Å². The number of anilines is 1. The summed E-state index contributed by atoms with van der Waals surface area (Å²) >= 11 is 3.42. The number of ether oxygens (including phenoxy) is 2. The highest BCUT2D eigenvalue weighted by Gasteiger charge is 2.28. The molecule has 1 saturated heterocycles. The summed E-state index contributed by atoms with van der Waals surface area (Å²) < 4.78 is 38.6. The van der Waals surface area contributed by atoms with Gasteiger partial charge in [0.05, 0.1) is 30.8 Å². The van der Waals surface area contributed by atoms with Gasteiger partial charge in [-0.05, 0) is 48.9 Å².